The lowest BCUT2D eigenvalue weighted by Gasteiger charge is -2.10. The molecule has 0 amide bonds. The van der Waals surface area contributed by atoms with Gasteiger partial charge in [-0.15, -0.1) is 0 Å². The fraction of sp³-hybridized carbons (Fsp3) is 0.111. The molecule has 1 aliphatic heterocycles. The maximum absolute atomic E-state index is 13.5. The van der Waals surface area contributed by atoms with Crippen LogP contribution in [0.15, 0.2) is 39.4 Å². The summed E-state index contributed by atoms with van der Waals surface area (Å²) in [6.45, 7) is 0. The van der Waals surface area contributed by atoms with E-state index in [2.05, 4.69) is 20.9 Å². The first kappa shape index (κ1) is 19.3. The Balaban J connectivity index is 2.02. The summed E-state index contributed by atoms with van der Waals surface area (Å²) in [6.07, 6.45) is 1.45. The lowest BCUT2D eigenvalue weighted by Crippen LogP contribution is -2.07. The molecular weight excluding hydrogens is 448 g/mol. The van der Waals surface area contributed by atoms with Gasteiger partial charge in [0.1, 0.15) is 0 Å². The predicted molar refractivity (Wildman–Crippen MR) is 99.2 cm³/mol. The summed E-state index contributed by atoms with van der Waals surface area (Å²) >= 11 is 9.25. The van der Waals surface area contributed by atoms with Crippen LogP contribution in [0.4, 0.5) is 8.78 Å². The molecule has 5 nitrogen and oxygen atoms in total. The smallest absolute Gasteiger partial charge is 0.363 e. The SMILES string of the molecule is COc1cc(/C=C2\N=C(c3cc(F)c(F)cc3Cl)OC2=O)cc(Br)c1OC. The number of rotatable bonds is 4. The second-order valence-corrected chi connectivity index (χ2v) is 6.58. The van der Waals surface area contributed by atoms with Crippen LogP contribution in [0.3, 0.4) is 0 Å². The number of hydrogen-bond donors (Lipinski definition) is 0. The summed E-state index contributed by atoms with van der Waals surface area (Å²) in [5.41, 5.74) is 0.513. The molecule has 0 unspecified atom stereocenters. The number of aliphatic imine (C=N–C) groups is 1. The largest absolute Gasteiger partial charge is 0.493 e. The minimum Gasteiger partial charge on any atom is -0.493 e. The molecule has 1 aliphatic rings. The van der Waals surface area contributed by atoms with Crippen LogP contribution in [0.25, 0.3) is 6.08 Å². The average Bonchev–Trinajstić information content (AvgIpc) is 2.97. The molecule has 0 N–H and O–H groups in total. The van der Waals surface area contributed by atoms with Gasteiger partial charge in [0.25, 0.3) is 0 Å². The second-order valence-electron chi connectivity index (χ2n) is 5.32. The highest BCUT2D eigenvalue weighted by atomic mass is 79.9. The van der Waals surface area contributed by atoms with Crippen molar-refractivity contribution in [2.24, 2.45) is 4.99 Å². The van der Waals surface area contributed by atoms with Crippen molar-refractivity contribution in [2.45, 2.75) is 0 Å². The van der Waals surface area contributed by atoms with E-state index in [1.807, 2.05) is 0 Å². The summed E-state index contributed by atoms with van der Waals surface area (Å²) in [7, 11) is 2.98. The molecule has 0 aromatic heterocycles. The lowest BCUT2D eigenvalue weighted by molar-refractivity contribution is -0.129. The summed E-state index contributed by atoms with van der Waals surface area (Å²) in [5, 5.41) is -0.129. The lowest BCUT2D eigenvalue weighted by atomic mass is 10.1. The van der Waals surface area contributed by atoms with Crippen molar-refractivity contribution < 1.29 is 27.8 Å². The van der Waals surface area contributed by atoms with Gasteiger partial charge >= 0.3 is 5.97 Å². The van der Waals surface area contributed by atoms with Crippen molar-refractivity contribution in [3.8, 4) is 11.5 Å². The van der Waals surface area contributed by atoms with Gasteiger partial charge in [-0.1, -0.05) is 11.6 Å². The number of esters is 1. The van der Waals surface area contributed by atoms with E-state index in [0.717, 1.165) is 12.1 Å². The maximum Gasteiger partial charge on any atom is 0.363 e. The fourth-order valence-corrected chi connectivity index (χ4v) is 3.24. The first-order valence-corrected chi connectivity index (χ1v) is 8.60. The number of benzene rings is 2. The minimum absolute atomic E-state index is 0.0270. The van der Waals surface area contributed by atoms with Crippen molar-refractivity contribution in [3.05, 3.63) is 62.2 Å². The first-order valence-electron chi connectivity index (χ1n) is 7.43. The van der Waals surface area contributed by atoms with Crippen molar-refractivity contribution in [3.63, 3.8) is 0 Å². The molecule has 2 aromatic rings. The molecule has 0 saturated heterocycles. The molecular formula is C18H11BrClF2NO4. The first-order chi connectivity index (χ1) is 12.8. The fourth-order valence-electron chi connectivity index (χ4n) is 2.39. The molecule has 0 radical (unpaired) electrons. The Morgan fingerprint density at radius 3 is 2.52 bits per heavy atom. The van der Waals surface area contributed by atoms with E-state index in [1.165, 1.54) is 20.3 Å². The van der Waals surface area contributed by atoms with Gasteiger partial charge < -0.3 is 14.2 Å². The Hall–Kier alpha value is -2.45. The normalized spacial score (nSPS) is 15.0. The molecule has 3 rings (SSSR count). The summed E-state index contributed by atoms with van der Waals surface area (Å²) in [4.78, 5) is 16.1. The van der Waals surface area contributed by atoms with E-state index >= 15 is 0 Å². The quantitative estimate of drug-likeness (QED) is 0.377. The van der Waals surface area contributed by atoms with E-state index in [0.29, 0.717) is 21.5 Å². The average molecular weight is 459 g/mol. The van der Waals surface area contributed by atoms with Gasteiger partial charge in [0, 0.05) is 0 Å². The minimum atomic E-state index is -1.13. The standard InChI is InChI=1S/C18H11BrClF2NO4/c1-25-15-5-8(3-10(19)16(15)26-2)4-14-18(24)27-17(23-14)9-6-12(21)13(22)7-11(9)20/h3-7H,1-2H3/b14-4-. The van der Waals surface area contributed by atoms with Gasteiger partial charge in [-0.2, -0.15) is 0 Å². The topological polar surface area (TPSA) is 57.1 Å². The number of hydrogen-bond acceptors (Lipinski definition) is 5. The highest BCUT2D eigenvalue weighted by Crippen LogP contribution is 2.37. The van der Waals surface area contributed by atoms with Crippen molar-refractivity contribution in [1.82, 2.24) is 0 Å². The zero-order valence-corrected chi connectivity index (χ0v) is 16.3. The zero-order valence-electron chi connectivity index (χ0n) is 14.0. The maximum atomic E-state index is 13.5. The van der Waals surface area contributed by atoms with Gasteiger partial charge in [0.05, 0.1) is 29.3 Å². The molecule has 9 heteroatoms. The third-order valence-electron chi connectivity index (χ3n) is 3.62. The van der Waals surface area contributed by atoms with Crippen molar-refractivity contribution in [1.29, 1.82) is 0 Å². The Morgan fingerprint density at radius 2 is 1.85 bits per heavy atom. The number of halogens is 4. The summed E-state index contributed by atoms with van der Waals surface area (Å²) in [6, 6.07) is 4.94. The molecule has 2 aromatic carbocycles. The van der Waals surface area contributed by atoms with Crippen LogP contribution < -0.4 is 9.47 Å². The molecule has 0 bridgehead atoms. The highest BCUT2D eigenvalue weighted by molar-refractivity contribution is 9.10. The molecule has 140 valence electrons. The van der Waals surface area contributed by atoms with E-state index < -0.39 is 17.6 Å². The highest BCUT2D eigenvalue weighted by Gasteiger charge is 2.27. The molecule has 0 aliphatic carbocycles. The Kier molecular flexibility index (Phi) is 5.48. The number of ether oxygens (including phenoxy) is 3. The third kappa shape index (κ3) is 3.81. The number of methoxy groups -OCH3 is 2. The van der Waals surface area contributed by atoms with Crippen LogP contribution in [0.1, 0.15) is 11.1 Å². The summed E-state index contributed by atoms with van der Waals surface area (Å²) in [5.74, 6) is -2.27. The van der Waals surface area contributed by atoms with Gasteiger partial charge in [-0.05, 0) is 51.8 Å². The number of cyclic esters (lactones) is 1. The van der Waals surface area contributed by atoms with Gasteiger partial charge in [-0.3, -0.25) is 0 Å². The number of nitrogens with zero attached hydrogens (tertiary/aromatic N) is 1. The van der Waals surface area contributed by atoms with Crippen LogP contribution in [0, 0.1) is 11.6 Å². The molecule has 0 saturated carbocycles. The Labute approximate surface area is 166 Å². The van der Waals surface area contributed by atoms with E-state index in [-0.39, 0.29) is 22.2 Å². The zero-order chi connectivity index (χ0) is 19.7. The second kappa shape index (κ2) is 7.66. The molecule has 0 atom stereocenters. The van der Waals surface area contributed by atoms with E-state index in [1.54, 1.807) is 12.1 Å². The van der Waals surface area contributed by atoms with Crippen LogP contribution in [-0.2, 0) is 9.53 Å². The molecule has 1 heterocycles. The van der Waals surface area contributed by atoms with Crippen LogP contribution in [-0.4, -0.2) is 26.1 Å². The van der Waals surface area contributed by atoms with Gasteiger partial charge in [0.2, 0.25) is 5.90 Å². The Morgan fingerprint density at radius 1 is 1.15 bits per heavy atom. The molecule has 0 fully saturated rings. The van der Waals surface area contributed by atoms with E-state index in [4.69, 9.17) is 25.8 Å². The van der Waals surface area contributed by atoms with Crippen molar-refractivity contribution >= 4 is 45.5 Å². The monoisotopic (exact) mass is 457 g/mol. The van der Waals surface area contributed by atoms with Crippen LogP contribution in [0.2, 0.25) is 5.02 Å². The van der Waals surface area contributed by atoms with E-state index in [9.17, 15) is 13.6 Å². The number of carbonyl (C=O) groups excluding carboxylic acids is 1. The predicted octanol–water partition coefficient (Wildman–Crippen LogP) is 4.74. The van der Waals surface area contributed by atoms with Crippen molar-refractivity contribution in [2.75, 3.05) is 14.2 Å². The third-order valence-corrected chi connectivity index (χ3v) is 4.52. The van der Waals surface area contributed by atoms with Gasteiger partial charge in [-0.25, -0.2) is 18.6 Å². The molecule has 0 spiro atoms. The van der Waals surface area contributed by atoms with Crippen LogP contribution in [0.5, 0.6) is 11.5 Å². The van der Waals surface area contributed by atoms with Crippen LogP contribution >= 0.6 is 27.5 Å². The summed E-state index contributed by atoms with van der Waals surface area (Å²) < 4.78 is 42.8. The number of carbonyl (C=O) groups is 1. The molecule has 27 heavy (non-hydrogen) atoms. The van der Waals surface area contributed by atoms with Gasteiger partial charge in [0.15, 0.2) is 28.8 Å². The Bertz CT molecular complexity index is 1010.